The Labute approximate surface area is 129 Å². The zero-order chi connectivity index (χ0) is 14.8. The van der Waals surface area contributed by atoms with E-state index in [9.17, 15) is 10.5 Å². The highest BCUT2D eigenvalue weighted by atomic mass is 35.5. The van der Waals surface area contributed by atoms with E-state index in [1.807, 2.05) is 36.4 Å². The number of fused-ring (bicyclic) bond motifs is 1. The summed E-state index contributed by atoms with van der Waals surface area (Å²) < 4.78 is 0. The predicted octanol–water partition coefficient (Wildman–Crippen LogP) is 3.89. The first-order chi connectivity index (χ1) is 10.3. The van der Waals surface area contributed by atoms with E-state index in [2.05, 4.69) is 4.90 Å². The average Bonchev–Trinajstić information content (AvgIpc) is 2.82. The van der Waals surface area contributed by atoms with Crippen molar-refractivity contribution in [2.75, 3.05) is 13.1 Å². The number of piperidine rings is 1. The Morgan fingerprint density at radius 2 is 1.62 bits per heavy atom. The van der Waals surface area contributed by atoms with Crippen LogP contribution < -0.4 is 0 Å². The van der Waals surface area contributed by atoms with Gasteiger partial charge in [-0.2, -0.15) is 10.5 Å². The van der Waals surface area contributed by atoms with Crippen LogP contribution in [0.25, 0.3) is 11.3 Å². The van der Waals surface area contributed by atoms with Crippen LogP contribution in [0.2, 0.25) is 0 Å². The quantitative estimate of drug-likeness (QED) is 0.738. The Morgan fingerprint density at radius 3 is 2.24 bits per heavy atom. The van der Waals surface area contributed by atoms with Crippen molar-refractivity contribution in [2.24, 2.45) is 0 Å². The van der Waals surface area contributed by atoms with E-state index in [1.165, 1.54) is 6.42 Å². The predicted molar refractivity (Wildman–Crippen MR) is 82.8 cm³/mol. The van der Waals surface area contributed by atoms with Crippen LogP contribution in [0.15, 0.2) is 34.9 Å². The van der Waals surface area contributed by atoms with Crippen LogP contribution in [0.5, 0.6) is 0 Å². The molecule has 0 aromatic heterocycles. The number of benzene rings is 1. The molecule has 1 fully saturated rings. The third-order valence-corrected chi connectivity index (χ3v) is 4.39. The zero-order valence-corrected chi connectivity index (χ0v) is 12.3. The number of allylic oxidation sites excluding steroid dienone is 3. The van der Waals surface area contributed by atoms with Crippen LogP contribution in [0, 0.1) is 22.7 Å². The minimum absolute atomic E-state index is 0.0828. The van der Waals surface area contributed by atoms with Gasteiger partial charge in [0.15, 0.2) is 0 Å². The molecule has 21 heavy (non-hydrogen) atoms. The number of hydrogen-bond donors (Lipinski definition) is 0. The lowest BCUT2D eigenvalue weighted by atomic mass is 10.0. The summed E-state index contributed by atoms with van der Waals surface area (Å²) in [6.45, 7) is 1.95. The van der Waals surface area contributed by atoms with Gasteiger partial charge in [0.2, 0.25) is 0 Å². The van der Waals surface area contributed by atoms with Crippen molar-refractivity contribution in [3.8, 4) is 12.1 Å². The maximum atomic E-state index is 9.20. The molecule has 0 amide bonds. The van der Waals surface area contributed by atoms with Gasteiger partial charge in [-0.1, -0.05) is 35.9 Å². The molecule has 1 heterocycles. The molecule has 0 saturated carbocycles. The monoisotopic (exact) mass is 295 g/mol. The van der Waals surface area contributed by atoms with Crippen LogP contribution in [-0.2, 0) is 0 Å². The van der Waals surface area contributed by atoms with E-state index >= 15 is 0 Å². The summed E-state index contributed by atoms with van der Waals surface area (Å²) in [5.41, 5.74) is 3.56. The molecule has 1 aliphatic heterocycles. The minimum atomic E-state index is 0.0828. The van der Waals surface area contributed by atoms with Crippen LogP contribution in [0.1, 0.15) is 30.4 Å². The first kappa shape index (κ1) is 13.7. The van der Waals surface area contributed by atoms with E-state index in [4.69, 9.17) is 11.6 Å². The lowest BCUT2D eigenvalue weighted by Gasteiger charge is -2.30. The molecule has 1 aromatic rings. The molecule has 2 aliphatic rings. The number of nitrogens with zero attached hydrogens (tertiary/aromatic N) is 3. The summed E-state index contributed by atoms with van der Waals surface area (Å²) in [6, 6.07) is 11.8. The second-order valence-electron chi connectivity index (χ2n) is 5.23. The van der Waals surface area contributed by atoms with E-state index in [-0.39, 0.29) is 5.57 Å². The second kappa shape index (κ2) is 5.64. The molecule has 0 radical (unpaired) electrons. The van der Waals surface area contributed by atoms with Crippen LogP contribution in [0.3, 0.4) is 0 Å². The largest absolute Gasteiger partial charge is 0.370 e. The first-order valence-corrected chi connectivity index (χ1v) is 7.45. The number of hydrogen-bond acceptors (Lipinski definition) is 3. The fourth-order valence-electron chi connectivity index (χ4n) is 3.07. The standard InChI is InChI=1S/C17H14ClN3/c18-16-15(12(10-19)11-20)13-6-2-3-7-14(13)17(16)21-8-4-1-5-9-21/h2-3,6-7H,1,4-5,8-9H2. The van der Waals surface area contributed by atoms with Gasteiger partial charge in [-0.25, -0.2) is 0 Å². The van der Waals surface area contributed by atoms with Crippen molar-refractivity contribution < 1.29 is 0 Å². The average molecular weight is 296 g/mol. The summed E-state index contributed by atoms with van der Waals surface area (Å²) in [5.74, 6) is 0. The van der Waals surface area contributed by atoms with Crippen molar-refractivity contribution in [3.05, 3.63) is 46.0 Å². The molecule has 1 aromatic carbocycles. The van der Waals surface area contributed by atoms with Gasteiger partial charge < -0.3 is 4.90 Å². The maximum absolute atomic E-state index is 9.20. The van der Waals surface area contributed by atoms with Gasteiger partial charge in [-0.15, -0.1) is 0 Å². The van der Waals surface area contributed by atoms with Gasteiger partial charge in [0.1, 0.15) is 17.7 Å². The van der Waals surface area contributed by atoms with E-state index in [1.54, 1.807) is 0 Å². The van der Waals surface area contributed by atoms with Crippen molar-refractivity contribution in [2.45, 2.75) is 19.3 Å². The Balaban J connectivity index is 2.21. The van der Waals surface area contributed by atoms with Gasteiger partial charge in [-0.3, -0.25) is 0 Å². The summed E-state index contributed by atoms with van der Waals surface area (Å²) in [4.78, 5) is 2.28. The van der Waals surface area contributed by atoms with Gasteiger partial charge in [0.25, 0.3) is 0 Å². The maximum Gasteiger partial charge on any atom is 0.139 e. The Bertz CT molecular complexity index is 709. The molecule has 0 bridgehead atoms. The molecule has 3 nitrogen and oxygen atoms in total. The molecule has 0 atom stereocenters. The van der Waals surface area contributed by atoms with E-state index < -0.39 is 0 Å². The third kappa shape index (κ3) is 2.20. The molecule has 1 saturated heterocycles. The molecule has 1 aliphatic carbocycles. The fourth-order valence-corrected chi connectivity index (χ4v) is 3.49. The molecule has 4 heteroatoms. The first-order valence-electron chi connectivity index (χ1n) is 7.07. The number of halogens is 1. The topological polar surface area (TPSA) is 50.8 Å². The lowest BCUT2D eigenvalue weighted by Crippen LogP contribution is -2.28. The molecule has 0 N–H and O–H groups in total. The van der Waals surface area contributed by atoms with Crippen LogP contribution in [0.4, 0.5) is 0 Å². The third-order valence-electron chi connectivity index (χ3n) is 4.02. The number of likely N-dealkylation sites (tertiary alicyclic amines) is 1. The summed E-state index contributed by atoms with van der Waals surface area (Å²) in [5, 5.41) is 18.9. The Morgan fingerprint density at radius 1 is 1.00 bits per heavy atom. The summed E-state index contributed by atoms with van der Waals surface area (Å²) in [7, 11) is 0. The van der Waals surface area contributed by atoms with E-state index in [0.29, 0.717) is 10.6 Å². The summed E-state index contributed by atoms with van der Waals surface area (Å²) >= 11 is 6.57. The molecular weight excluding hydrogens is 282 g/mol. The molecular formula is C17H14ClN3. The molecule has 3 rings (SSSR count). The fraction of sp³-hybridized carbons (Fsp3) is 0.294. The highest BCUT2D eigenvalue weighted by molar-refractivity contribution is 6.42. The van der Waals surface area contributed by atoms with Crippen molar-refractivity contribution in [1.82, 2.24) is 4.90 Å². The Hall–Kier alpha value is -2.23. The SMILES string of the molecule is N#CC(C#N)=C1C(Cl)=C(N2CCCCC2)c2ccccc21. The van der Waals surface area contributed by atoms with Crippen LogP contribution >= 0.6 is 11.6 Å². The Kier molecular flexibility index (Phi) is 3.69. The van der Waals surface area contributed by atoms with Crippen molar-refractivity contribution in [1.29, 1.82) is 10.5 Å². The van der Waals surface area contributed by atoms with Gasteiger partial charge in [0, 0.05) is 24.2 Å². The second-order valence-corrected chi connectivity index (χ2v) is 5.61. The highest BCUT2D eigenvalue weighted by Gasteiger charge is 2.31. The van der Waals surface area contributed by atoms with Crippen LogP contribution in [-0.4, -0.2) is 18.0 Å². The summed E-state index contributed by atoms with van der Waals surface area (Å²) in [6.07, 6.45) is 3.55. The normalized spacial score (nSPS) is 17.3. The number of rotatable bonds is 1. The molecule has 0 spiro atoms. The zero-order valence-electron chi connectivity index (χ0n) is 11.6. The van der Waals surface area contributed by atoms with Gasteiger partial charge >= 0.3 is 0 Å². The number of nitriles is 2. The van der Waals surface area contributed by atoms with Gasteiger partial charge in [-0.05, 0) is 24.8 Å². The van der Waals surface area contributed by atoms with Crippen molar-refractivity contribution >= 4 is 22.9 Å². The smallest absolute Gasteiger partial charge is 0.139 e. The molecule has 0 unspecified atom stereocenters. The molecule has 104 valence electrons. The van der Waals surface area contributed by atoms with E-state index in [0.717, 1.165) is 42.8 Å². The minimum Gasteiger partial charge on any atom is -0.370 e. The van der Waals surface area contributed by atoms with Crippen molar-refractivity contribution in [3.63, 3.8) is 0 Å². The van der Waals surface area contributed by atoms with Gasteiger partial charge in [0.05, 0.1) is 10.7 Å². The highest BCUT2D eigenvalue weighted by Crippen LogP contribution is 2.46. The lowest BCUT2D eigenvalue weighted by molar-refractivity contribution is 0.326.